The van der Waals surface area contributed by atoms with Crippen LogP contribution < -0.4 is 15.4 Å². The van der Waals surface area contributed by atoms with Gasteiger partial charge in [0.2, 0.25) is 5.95 Å². The lowest BCUT2D eigenvalue weighted by Gasteiger charge is -2.14. The number of carbonyl (C=O) groups excluding carboxylic acids is 1. The Hall–Kier alpha value is -3.41. The molecule has 0 fully saturated rings. The first-order valence-electron chi connectivity index (χ1n) is 9.20. The first-order valence-corrected chi connectivity index (χ1v) is 9.20. The van der Waals surface area contributed by atoms with Gasteiger partial charge < -0.3 is 15.4 Å². The van der Waals surface area contributed by atoms with Crippen molar-refractivity contribution in [1.29, 1.82) is 0 Å². The number of ether oxygens (including phenoxy) is 1. The Morgan fingerprint density at radius 1 is 1.04 bits per heavy atom. The molecule has 1 heterocycles. The lowest BCUT2D eigenvalue weighted by atomic mass is 10.1. The molecule has 6 heteroatoms. The predicted molar refractivity (Wildman–Crippen MR) is 111 cm³/mol. The Bertz CT molecular complexity index is 922. The van der Waals surface area contributed by atoms with E-state index in [0.29, 0.717) is 29.5 Å². The summed E-state index contributed by atoms with van der Waals surface area (Å²) in [7, 11) is 0. The molecule has 2 aromatic carbocycles. The fourth-order valence-electron chi connectivity index (χ4n) is 2.54. The standard InChI is InChI=1S/C22H24N4O2/c1-15(2)28-20-7-5-4-6-19(20)26-21(27)18-13-24-22(25-14-18)23-12-17-10-8-16(3)9-11-17/h4-11,13-15H,12H2,1-3H3,(H,26,27)(H,23,24,25). The number of amides is 1. The van der Waals surface area contributed by atoms with E-state index in [4.69, 9.17) is 4.74 Å². The second kappa shape index (κ2) is 8.99. The summed E-state index contributed by atoms with van der Waals surface area (Å²) in [4.78, 5) is 21.0. The molecule has 1 aromatic heterocycles. The highest BCUT2D eigenvalue weighted by Crippen LogP contribution is 2.25. The maximum atomic E-state index is 12.5. The Kier molecular flexibility index (Phi) is 6.22. The summed E-state index contributed by atoms with van der Waals surface area (Å²) in [5.41, 5.74) is 3.34. The van der Waals surface area contributed by atoms with Crippen LogP contribution >= 0.6 is 0 Å². The van der Waals surface area contributed by atoms with Crippen LogP contribution in [0, 0.1) is 6.92 Å². The van der Waals surface area contributed by atoms with E-state index in [0.717, 1.165) is 5.56 Å². The number of hydrogen-bond acceptors (Lipinski definition) is 5. The number of nitrogens with zero attached hydrogens (tertiary/aromatic N) is 2. The molecule has 0 bridgehead atoms. The second-order valence-electron chi connectivity index (χ2n) is 6.75. The molecule has 28 heavy (non-hydrogen) atoms. The van der Waals surface area contributed by atoms with E-state index >= 15 is 0 Å². The van der Waals surface area contributed by atoms with Gasteiger partial charge in [0.05, 0.1) is 17.4 Å². The molecule has 6 nitrogen and oxygen atoms in total. The number of carbonyl (C=O) groups is 1. The molecule has 3 aromatic rings. The van der Waals surface area contributed by atoms with E-state index in [1.807, 2.05) is 32.0 Å². The average molecular weight is 376 g/mol. The van der Waals surface area contributed by atoms with Crippen molar-refractivity contribution in [3.8, 4) is 5.75 Å². The van der Waals surface area contributed by atoms with Crippen LogP contribution in [0.2, 0.25) is 0 Å². The summed E-state index contributed by atoms with van der Waals surface area (Å²) in [6.45, 7) is 6.55. The van der Waals surface area contributed by atoms with Crippen molar-refractivity contribution in [2.24, 2.45) is 0 Å². The normalized spacial score (nSPS) is 10.6. The van der Waals surface area contributed by atoms with Crippen molar-refractivity contribution in [3.05, 3.63) is 77.6 Å². The van der Waals surface area contributed by atoms with E-state index < -0.39 is 0 Å². The van der Waals surface area contributed by atoms with Gasteiger partial charge in [-0.3, -0.25) is 4.79 Å². The molecule has 144 valence electrons. The molecule has 0 saturated carbocycles. The van der Waals surface area contributed by atoms with Gasteiger partial charge >= 0.3 is 0 Å². The first-order chi connectivity index (χ1) is 13.5. The largest absolute Gasteiger partial charge is 0.489 e. The zero-order valence-electron chi connectivity index (χ0n) is 16.3. The number of aryl methyl sites for hydroxylation is 1. The van der Waals surface area contributed by atoms with Crippen molar-refractivity contribution in [3.63, 3.8) is 0 Å². The zero-order chi connectivity index (χ0) is 19.9. The number of para-hydroxylation sites is 2. The molecule has 0 atom stereocenters. The van der Waals surface area contributed by atoms with Crippen LogP contribution in [0.1, 0.15) is 35.3 Å². The maximum Gasteiger partial charge on any atom is 0.258 e. The molecule has 0 saturated heterocycles. The lowest BCUT2D eigenvalue weighted by Crippen LogP contribution is -2.15. The minimum atomic E-state index is -0.287. The fraction of sp³-hybridized carbons (Fsp3) is 0.227. The lowest BCUT2D eigenvalue weighted by molar-refractivity contribution is 0.102. The number of hydrogen-bond donors (Lipinski definition) is 2. The Labute approximate surface area is 165 Å². The molecule has 3 rings (SSSR count). The molecule has 0 spiro atoms. The van der Waals surface area contributed by atoms with Crippen LogP contribution in [-0.4, -0.2) is 22.0 Å². The van der Waals surface area contributed by atoms with Gasteiger partial charge in [-0.05, 0) is 38.5 Å². The number of nitrogens with one attached hydrogen (secondary N) is 2. The summed E-state index contributed by atoms with van der Waals surface area (Å²) in [5, 5.41) is 6.00. The summed E-state index contributed by atoms with van der Waals surface area (Å²) in [5.74, 6) is 0.814. The summed E-state index contributed by atoms with van der Waals surface area (Å²) >= 11 is 0. The monoisotopic (exact) mass is 376 g/mol. The summed E-state index contributed by atoms with van der Waals surface area (Å²) in [6, 6.07) is 15.6. The molecular weight excluding hydrogens is 352 g/mol. The molecule has 0 aliphatic rings. The Morgan fingerprint density at radius 2 is 1.71 bits per heavy atom. The topological polar surface area (TPSA) is 76.1 Å². The fourth-order valence-corrected chi connectivity index (χ4v) is 2.54. The molecule has 0 unspecified atom stereocenters. The van der Waals surface area contributed by atoms with Gasteiger partial charge in [-0.25, -0.2) is 9.97 Å². The minimum Gasteiger partial charge on any atom is -0.489 e. The van der Waals surface area contributed by atoms with Crippen LogP contribution in [0.3, 0.4) is 0 Å². The zero-order valence-corrected chi connectivity index (χ0v) is 16.3. The minimum absolute atomic E-state index is 0.0141. The SMILES string of the molecule is Cc1ccc(CNc2ncc(C(=O)Nc3ccccc3OC(C)C)cn2)cc1. The van der Waals surface area contributed by atoms with E-state index in [-0.39, 0.29) is 12.0 Å². The third-order valence-electron chi connectivity index (χ3n) is 3.98. The first kappa shape index (κ1) is 19.4. The molecule has 2 N–H and O–H groups in total. The average Bonchev–Trinajstić information content (AvgIpc) is 2.69. The van der Waals surface area contributed by atoms with E-state index in [1.165, 1.54) is 18.0 Å². The van der Waals surface area contributed by atoms with E-state index in [9.17, 15) is 4.79 Å². The van der Waals surface area contributed by atoms with Gasteiger partial charge in [-0.2, -0.15) is 0 Å². The number of rotatable bonds is 7. The van der Waals surface area contributed by atoms with E-state index in [1.54, 1.807) is 6.07 Å². The summed E-state index contributed by atoms with van der Waals surface area (Å²) in [6.07, 6.45) is 3.03. The predicted octanol–water partition coefficient (Wildman–Crippen LogP) is 4.44. The van der Waals surface area contributed by atoms with Crippen LogP contribution in [0.25, 0.3) is 0 Å². The van der Waals surface area contributed by atoms with Crippen molar-refractivity contribution in [2.45, 2.75) is 33.4 Å². The van der Waals surface area contributed by atoms with Gasteiger partial charge in [0.25, 0.3) is 5.91 Å². The van der Waals surface area contributed by atoms with Gasteiger partial charge in [-0.15, -0.1) is 0 Å². The van der Waals surface area contributed by atoms with Crippen LogP contribution in [0.5, 0.6) is 5.75 Å². The highest BCUT2D eigenvalue weighted by atomic mass is 16.5. The highest BCUT2D eigenvalue weighted by Gasteiger charge is 2.11. The number of benzene rings is 2. The summed E-state index contributed by atoms with van der Waals surface area (Å²) < 4.78 is 5.73. The third kappa shape index (κ3) is 5.30. The third-order valence-corrected chi connectivity index (χ3v) is 3.98. The molecule has 1 amide bonds. The highest BCUT2D eigenvalue weighted by molar-refractivity contribution is 6.04. The molecule has 0 aliphatic carbocycles. The van der Waals surface area contributed by atoms with Gasteiger partial charge in [0, 0.05) is 18.9 Å². The smallest absolute Gasteiger partial charge is 0.258 e. The number of aromatic nitrogens is 2. The molecule has 0 radical (unpaired) electrons. The molecule has 0 aliphatic heterocycles. The van der Waals surface area contributed by atoms with E-state index in [2.05, 4.69) is 51.8 Å². The number of anilines is 2. The van der Waals surface area contributed by atoms with Crippen LogP contribution in [0.15, 0.2) is 60.9 Å². The quantitative estimate of drug-likeness (QED) is 0.638. The van der Waals surface area contributed by atoms with Crippen molar-refractivity contribution < 1.29 is 9.53 Å². The van der Waals surface area contributed by atoms with Crippen molar-refractivity contribution >= 4 is 17.5 Å². The van der Waals surface area contributed by atoms with Gasteiger partial charge in [-0.1, -0.05) is 42.0 Å². The van der Waals surface area contributed by atoms with Crippen LogP contribution in [0.4, 0.5) is 11.6 Å². The van der Waals surface area contributed by atoms with Gasteiger partial charge in [0.1, 0.15) is 5.75 Å². The van der Waals surface area contributed by atoms with Gasteiger partial charge in [0.15, 0.2) is 0 Å². The second-order valence-corrected chi connectivity index (χ2v) is 6.75. The van der Waals surface area contributed by atoms with Crippen molar-refractivity contribution in [1.82, 2.24) is 9.97 Å². The maximum absolute atomic E-state index is 12.5. The Morgan fingerprint density at radius 3 is 2.39 bits per heavy atom. The van der Waals surface area contributed by atoms with Crippen LogP contribution in [-0.2, 0) is 6.54 Å². The molecular formula is C22H24N4O2. The Balaban J connectivity index is 1.61. The van der Waals surface area contributed by atoms with Crippen molar-refractivity contribution in [2.75, 3.05) is 10.6 Å².